The number of hydrazine groups is 1. The molecule has 0 aliphatic heterocycles. The van der Waals surface area contributed by atoms with Crippen LogP contribution in [0.5, 0.6) is 0 Å². The highest BCUT2D eigenvalue weighted by molar-refractivity contribution is 6.30. The zero-order valence-electron chi connectivity index (χ0n) is 11.1. The summed E-state index contributed by atoms with van der Waals surface area (Å²) in [5.74, 6) is 5.45. The molecule has 0 saturated carbocycles. The quantitative estimate of drug-likeness (QED) is 0.440. The van der Waals surface area contributed by atoms with Crippen LogP contribution in [0.3, 0.4) is 0 Å². The number of aryl methyl sites for hydroxylation is 1. The number of anilines is 2. The first-order valence-electron chi connectivity index (χ1n) is 5.99. The van der Waals surface area contributed by atoms with Gasteiger partial charge in [0.25, 0.3) is 0 Å². The fraction of sp³-hybridized carbons (Fsp3) is 0.167. The van der Waals surface area contributed by atoms with Gasteiger partial charge in [-0.15, -0.1) is 0 Å². The molecule has 0 atom stereocenters. The van der Waals surface area contributed by atoms with E-state index in [1.54, 1.807) is 18.2 Å². The highest BCUT2D eigenvalue weighted by atomic mass is 35.5. The van der Waals surface area contributed by atoms with Gasteiger partial charge in [0.15, 0.2) is 0 Å². The Labute approximate surface area is 125 Å². The molecular formula is C12H13ClN6O2. The van der Waals surface area contributed by atoms with Gasteiger partial charge in [-0.05, 0) is 24.6 Å². The van der Waals surface area contributed by atoms with Crippen molar-refractivity contribution in [2.75, 3.05) is 10.7 Å². The zero-order chi connectivity index (χ0) is 15.4. The van der Waals surface area contributed by atoms with E-state index in [0.717, 1.165) is 5.56 Å². The number of benzene rings is 1. The maximum atomic E-state index is 11.1. The van der Waals surface area contributed by atoms with Crippen molar-refractivity contribution >= 4 is 29.1 Å². The first kappa shape index (κ1) is 14.9. The molecule has 0 amide bonds. The Morgan fingerprint density at radius 2 is 2.19 bits per heavy atom. The number of nitrogens with one attached hydrogen (secondary N) is 2. The molecule has 0 bridgehead atoms. The van der Waals surface area contributed by atoms with E-state index in [9.17, 15) is 10.1 Å². The summed E-state index contributed by atoms with van der Waals surface area (Å²) in [5, 5.41) is 14.6. The van der Waals surface area contributed by atoms with E-state index in [1.165, 1.54) is 6.92 Å². The van der Waals surface area contributed by atoms with Crippen molar-refractivity contribution in [2.24, 2.45) is 5.84 Å². The number of hydrogen-bond donors (Lipinski definition) is 3. The van der Waals surface area contributed by atoms with Gasteiger partial charge in [-0.1, -0.05) is 23.7 Å². The van der Waals surface area contributed by atoms with Gasteiger partial charge in [-0.25, -0.2) is 10.8 Å². The number of aromatic nitrogens is 2. The Morgan fingerprint density at radius 1 is 1.43 bits per heavy atom. The van der Waals surface area contributed by atoms with Gasteiger partial charge < -0.3 is 5.32 Å². The number of nitro groups is 1. The molecule has 0 saturated heterocycles. The van der Waals surface area contributed by atoms with Crippen molar-refractivity contribution in [1.29, 1.82) is 0 Å². The molecule has 1 aromatic heterocycles. The molecule has 0 fully saturated rings. The van der Waals surface area contributed by atoms with Crippen LogP contribution in [0.4, 0.5) is 17.5 Å². The second kappa shape index (κ2) is 6.33. The minimum atomic E-state index is -0.532. The number of rotatable bonds is 5. The van der Waals surface area contributed by atoms with Crippen LogP contribution in [0, 0.1) is 17.0 Å². The third kappa shape index (κ3) is 3.56. The molecule has 0 unspecified atom stereocenters. The van der Waals surface area contributed by atoms with Crippen molar-refractivity contribution in [3.8, 4) is 0 Å². The number of nitrogens with two attached hydrogens (primary N) is 1. The lowest BCUT2D eigenvalue weighted by Gasteiger charge is -2.09. The third-order valence-corrected chi connectivity index (χ3v) is 2.95. The predicted molar refractivity (Wildman–Crippen MR) is 80.0 cm³/mol. The monoisotopic (exact) mass is 308 g/mol. The Morgan fingerprint density at radius 3 is 2.81 bits per heavy atom. The summed E-state index contributed by atoms with van der Waals surface area (Å²) in [6.45, 7) is 1.85. The Hall–Kier alpha value is -2.45. The van der Waals surface area contributed by atoms with E-state index in [4.69, 9.17) is 17.4 Å². The van der Waals surface area contributed by atoms with E-state index in [1.807, 2.05) is 6.07 Å². The molecule has 21 heavy (non-hydrogen) atoms. The first-order valence-corrected chi connectivity index (χ1v) is 6.37. The van der Waals surface area contributed by atoms with E-state index in [2.05, 4.69) is 20.7 Å². The maximum Gasteiger partial charge on any atom is 0.332 e. The third-order valence-electron chi connectivity index (χ3n) is 2.72. The fourth-order valence-electron chi connectivity index (χ4n) is 1.81. The van der Waals surface area contributed by atoms with Crippen LogP contribution >= 0.6 is 11.6 Å². The molecule has 1 heterocycles. The molecule has 4 N–H and O–H groups in total. The SMILES string of the molecule is Cc1nc(NN)nc(NCc2cccc(Cl)c2)c1[N+](=O)[O-]. The van der Waals surface area contributed by atoms with Gasteiger partial charge in [-0.3, -0.25) is 15.5 Å². The number of halogens is 1. The maximum absolute atomic E-state index is 11.1. The summed E-state index contributed by atoms with van der Waals surface area (Å²) in [6.07, 6.45) is 0. The highest BCUT2D eigenvalue weighted by Crippen LogP contribution is 2.26. The topological polar surface area (TPSA) is 119 Å². The summed E-state index contributed by atoms with van der Waals surface area (Å²) in [4.78, 5) is 18.5. The largest absolute Gasteiger partial charge is 0.360 e. The van der Waals surface area contributed by atoms with Crippen LogP contribution in [-0.2, 0) is 6.54 Å². The molecule has 110 valence electrons. The molecule has 9 heteroatoms. The van der Waals surface area contributed by atoms with Gasteiger partial charge in [0.2, 0.25) is 11.8 Å². The minimum absolute atomic E-state index is 0.0976. The molecule has 0 spiro atoms. The first-order chi connectivity index (χ1) is 10.0. The molecule has 0 radical (unpaired) electrons. The summed E-state index contributed by atoms with van der Waals surface area (Å²) < 4.78 is 0. The van der Waals surface area contributed by atoms with Crippen LogP contribution in [0.15, 0.2) is 24.3 Å². The van der Waals surface area contributed by atoms with E-state index >= 15 is 0 Å². The summed E-state index contributed by atoms with van der Waals surface area (Å²) >= 11 is 5.89. The lowest BCUT2D eigenvalue weighted by atomic mass is 10.2. The lowest BCUT2D eigenvalue weighted by molar-refractivity contribution is -0.385. The second-order valence-electron chi connectivity index (χ2n) is 4.21. The lowest BCUT2D eigenvalue weighted by Crippen LogP contribution is -2.14. The van der Waals surface area contributed by atoms with Gasteiger partial charge in [0.1, 0.15) is 5.69 Å². The van der Waals surface area contributed by atoms with Crippen molar-refractivity contribution in [3.05, 3.63) is 50.7 Å². The standard InChI is InChI=1S/C12H13ClN6O2/c1-7-10(19(20)21)11(17-12(16-7)18-14)15-6-8-3-2-4-9(13)5-8/h2-5H,6,14H2,1H3,(H2,15,16,17,18). The van der Waals surface area contributed by atoms with Gasteiger partial charge in [-0.2, -0.15) is 4.98 Å². The normalized spacial score (nSPS) is 10.2. The zero-order valence-corrected chi connectivity index (χ0v) is 11.9. The molecule has 2 aromatic rings. The smallest absolute Gasteiger partial charge is 0.332 e. The summed E-state index contributed by atoms with van der Waals surface area (Å²) in [6, 6.07) is 7.15. The average molecular weight is 309 g/mol. The van der Waals surface area contributed by atoms with Crippen LogP contribution in [-0.4, -0.2) is 14.9 Å². The van der Waals surface area contributed by atoms with Gasteiger partial charge >= 0.3 is 5.69 Å². The van der Waals surface area contributed by atoms with Crippen molar-refractivity contribution < 1.29 is 4.92 Å². The second-order valence-corrected chi connectivity index (χ2v) is 4.65. The molecule has 0 aliphatic carbocycles. The van der Waals surface area contributed by atoms with E-state index in [0.29, 0.717) is 11.6 Å². The van der Waals surface area contributed by atoms with Crippen LogP contribution in [0.2, 0.25) is 5.02 Å². The molecule has 8 nitrogen and oxygen atoms in total. The van der Waals surface area contributed by atoms with Crippen molar-refractivity contribution in [1.82, 2.24) is 9.97 Å². The fourth-order valence-corrected chi connectivity index (χ4v) is 2.02. The summed E-state index contributed by atoms with van der Waals surface area (Å²) in [5.41, 5.74) is 3.18. The van der Waals surface area contributed by atoms with Gasteiger partial charge in [0.05, 0.1) is 4.92 Å². The number of nitrogen functional groups attached to an aromatic ring is 1. The number of nitrogens with zero attached hydrogens (tertiary/aromatic N) is 3. The van der Waals surface area contributed by atoms with Gasteiger partial charge in [0, 0.05) is 11.6 Å². The Balaban J connectivity index is 2.29. The predicted octanol–water partition coefficient (Wildman–Crippen LogP) is 2.24. The highest BCUT2D eigenvalue weighted by Gasteiger charge is 2.21. The van der Waals surface area contributed by atoms with Crippen LogP contribution < -0.4 is 16.6 Å². The average Bonchev–Trinajstić information content (AvgIpc) is 2.44. The Kier molecular flexibility index (Phi) is 4.51. The molecule has 1 aromatic carbocycles. The van der Waals surface area contributed by atoms with Crippen molar-refractivity contribution in [3.63, 3.8) is 0 Å². The van der Waals surface area contributed by atoms with Crippen LogP contribution in [0.25, 0.3) is 0 Å². The minimum Gasteiger partial charge on any atom is -0.360 e. The number of hydrogen-bond acceptors (Lipinski definition) is 7. The molecule has 2 rings (SSSR count). The van der Waals surface area contributed by atoms with E-state index < -0.39 is 4.92 Å². The summed E-state index contributed by atoms with van der Waals surface area (Å²) in [7, 11) is 0. The van der Waals surface area contributed by atoms with Crippen LogP contribution in [0.1, 0.15) is 11.3 Å². The molecule has 0 aliphatic rings. The van der Waals surface area contributed by atoms with Crippen molar-refractivity contribution in [2.45, 2.75) is 13.5 Å². The molecular weight excluding hydrogens is 296 g/mol. The Bertz CT molecular complexity index is 679. The van der Waals surface area contributed by atoms with E-state index in [-0.39, 0.29) is 23.1 Å².